The van der Waals surface area contributed by atoms with Crippen molar-refractivity contribution in [3.8, 4) is 0 Å². The third-order valence-electron chi connectivity index (χ3n) is 0.929. The van der Waals surface area contributed by atoms with E-state index in [9.17, 15) is 0 Å². The maximum absolute atomic E-state index is 3.89. The number of nitrogens with zero attached hydrogens (tertiary/aromatic N) is 3. The zero-order valence-electron chi connectivity index (χ0n) is 4.62. The summed E-state index contributed by atoms with van der Waals surface area (Å²) in [5.74, 6) is 0. The van der Waals surface area contributed by atoms with Crippen molar-refractivity contribution in [3.63, 3.8) is 0 Å². The molecule has 0 bridgehead atoms. The van der Waals surface area contributed by atoms with Crippen LogP contribution < -0.4 is 0 Å². The molecule has 0 aromatic heterocycles. The number of hydrogen-bond donors (Lipinski definition) is 0. The van der Waals surface area contributed by atoms with Gasteiger partial charge in [-0.3, -0.25) is 4.99 Å². The van der Waals surface area contributed by atoms with Crippen LogP contribution in [0.2, 0.25) is 0 Å². The lowest BCUT2D eigenvalue weighted by molar-refractivity contribution is 0.486. The van der Waals surface area contributed by atoms with Crippen LogP contribution in [0.25, 0.3) is 0 Å². The van der Waals surface area contributed by atoms with Crippen molar-refractivity contribution in [1.29, 1.82) is 0 Å². The van der Waals surface area contributed by atoms with Gasteiger partial charge in [-0.05, 0) is 6.92 Å². The first kappa shape index (κ1) is 5.28. The Morgan fingerprint density at radius 2 is 2.62 bits per heavy atom. The number of rotatable bonds is 1. The Bertz CT molecular complexity index is 117. The largest absolute Gasteiger partial charge is 0.343 e. The Hall–Kier alpha value is -0.860. The fraction of sp³-hybridized carbons (Fsp3) is 0.400. The van der Waals surface area contributed by atoms with Gasteiger partial charge in [-0.1, -0.05) is 0 Å². The molecule has 43 valence electrons. The lowest BCUT2D eigenvalue weighted by Gasteiger charge is -2.14. The summed E-state index contributed by atoms with van der Waals surface area (Å²) in [6.45, 7) is 5.11. The van der Waals surface area contributed by atoms with Gasteiger partial charge in [-0.2, -0.15) is 0 Å². The Morgan fingerprint density at radius 1 is 1.75 bits per heavy atom. The first-order valence-corrected chi connectivity index (χ1v) is 2.48. The van der Waals surface area contributed by atoms with E-state index in [1.54, 1.807) is 12.7 Å². The Kier molecular flexibility index (Phi) is 1.62. The second kappa shape index (κ2) is 2.45. The first-order chi connectivity index (χ1) is 3.93. The van der Waals surface area contributed by atoms with E-state index in [4.69, 9.17) is 0 Å². The average molecular weight is 110 g/mol. The highest BCUT2D eigenvalue weighted by Crippen LogP contribution is 1.86. The van der Waals surface area contributed by atoms with Crippen LogP contribution in [0.5, 0.6) is 0 Å². The van der Waals surface area contributed by atoms with E-state index in [2.05, 4.69) is 16.9 Å². The maximum atomic E-state index is 3.89. The molecule has 1 rings (SSSR count). The van der Waals surface area contributed by atoms with E-state index in [1.807, 2.05) is 4.90 Å². The molecule has 0 aliphatic carbocycles. The van der Waals surface area contributed by atoms with Gasteiger partial charge in [-0.15, -0.1) is 0 Å². The summed E-state index contributed by atoms with van der Waals surface area (Å²) in [5.41, 5.74) is 0. The fourth-order valence-electron chi connectivity index (χ4n) is 0.478. The molecule has 1 radical (unpaired) electrons. The van der Waals surface area contributed by atoms with Gasteiger partial charge in [0.15, 0.2) is 0 Å². The molecular formula is C5H8N3. The van der Waals surface area contributed by atoms with Gasteiger partial charge in [0.05, 0.1) is 6.34 Å². The molecule has 8 heavy (non-hydrogen) atoms. The summed E-state index contributed by atoms with van der Waals surface area (Å²) in [6.07, 6.45) is 3.28. The Labute approximate surface area is 48.7 Å². The van der Waals surface area contributed by atoms with Crippen LogP contribution in [0.4, 0.5) is 0 Å². The summed E-state index contributed by atoms with van der Waals surface area (Å²) in [7, 11) is 0. The quantitative estimate of drug-likeness (QED) is 0.472. The molecule has 3 nitrogen and oxygen atoms in total. The van der Waals surface area contributed by atoms with E-state index in [1.165, 1.54) is 0 Å². The third kappa shape index (κ3) is 1.05. The molecule has 0 aromatic rings. The summed E-state index contributed by atoms with van der Waals surface area (Å²) in [4.78, 5) is 9.61. The van der Waals surface area contributed by atoms with Gasteiger partial charge in [0, 0.05) is 6.54 Å². The summed E-state index contributed by atoms with van der Waals surface area (Å²) >= 11 is 0. The summed E-state index contributed by atoms with van der Waals surface area (Å²) in [6, 6.07) is 0. The van der Waals surface area contributed by atoms with E-state index in [-0.39, 0.29) is 0 Å². The van der Waals surface area contributed by atoms with Crippen molar-refractivity contribution in [1.82, 2.24) is 4.90 Å². The lowest BCUT2D eigenvalue weighted by atomic mass is 10.6. The van der Waals surface area contributed by atoms with Gasteiger partial charge in [0.25, 0.3) is 0 Å². The highest BCUT2D eigenvalue weighted by Gasteiger charge is 1.93. The normalized spacial score (nSPS) is 17.4. The van der Waals surface area contributed by atoms with Crippen LogP contribution in [-0.4, -0.2) is 30.8 Å². The van der Waals surface area contributed by atoms with Crippen LogP contribution in [0.1, 0.15) is 0 Å². The molecule has 0 atom stereocenters. The minimum atomic E-state index is 0.701. The molecule has 0 amide bonds. The van der Waals surface area contributed by atoms with E-state index in [0.29, 0.717) is 6.67 Å². The van der Waals surface area contributed by atoms with Crippen molar-refractivity contribution >= 4 is 12.7 Å². The average Bonchev–Trinajstić information content (AvgIpc) is 1.90. The molecule has 1 aliphatic rings. The Balaban J connectivity index is 2.40. The van der Waals surface area contributed by atoms with Crippen LogP contribution in [0, 0.1) is 6.92 Å². The van der Waals surface area contributed by atoms with Crippen molar-refractivity contribution < 1.29 is 0 Å². The van der Waals surface area contributed by atoms with E-state index in [0.717, 1.165) is 6.54 Å². The molecule has 0 spiro atoms. The SMILES string of the molecule is [CH2]CN1C=NC=NC1. The van der Waals surface area contributed by atoms with Crippen molar-refractivity contribution in [2.24, 2.45) is 9.98 Å². The predicted molar refractivity (Wildman–Crippen MR) is 33.9 cm³/mol. The van der Waals surface area contributed by atoms with Gasteiger partial charge < -0.3 is 4.90 Å². The molecule has 0 saturated carbocycles. The predicted octanol–water partition coefficient (Wildman–Crippen LogP) is 0.150. The summed E-state index contributed by atoms with van der Waals surface area (Å²) < 4.78 is 0. The molecule has 0 aromatic carbocycles. The number of hydrogen-bond acceptors (Lipinski definition) is 3. The minimum absolute atomic E-state index is 0.701. The molecule has 0 unspecified atom stereocenters. The van der Waals surface area contributed by atoms with Gasteiger partial charge in [0.1, 0.15) is 13.0 Å². The highest BCUT2D eigenvalue weighted by atomic mass is 15.2. The van der Waals surface area contributed by atoms with Crippen molar-refractivity contribution in [3.05, 3.63) is 6.92 Å². The van der Waals surface area contributed by atoms with Crippen LogP contribution in [0.3, 0.4) is 0 Å². The smallest absolute Gasteiger partial charge is 0.113 e. The van der Waals surface area contributed by atoms with E-state index < -0.39 is 0 Å². The van der Waals surface area contributed by atoms with Crippen LogP contribution in [-0.2, 0) is 0 Å². The van der Waals surface area contributed by atoms with Gasteiger partial charge in [0.2, 0.25) is 0 Å². The Morgan fingerprint density at radius 3 is 3.00 bits per heavy atom. The first-order valence-electron chi connectivity index (χ1n) is 2.48. The summed E-state index contributed by atoms with van der Waals surface area (Å²) in [5, 5.41) is 0. The van der Waals surface area contributed by atoms with Crippen molar-refractivity contribution in [2.45, 2.75) is 0 Å². The van der Waals surface area contributed by atoms with Gasteiger partial charge >= 0.3 is 0 Å². The lowest BCUT2D eigenvalue weighted by Crippen LogP contribution is -2.23. The van der Waals surface area contributed by atoms with Gasteiger partial charge in [-0.25, -0.2) is 4.99 Å². The van der Waals surface area contributed by atoms with Crippen molar-refractivity contribution in [2.75, 3.05) is 13.2 Å². The molecule has 0 saturated heterocycles. The molecule has 1 aliphatic heterocycles. The molecule has 0 fully saturated rings. The zero-order valence-corrected chi connectivity index (χ0v) is 4.62. The second-order valence-electron chi connectivity index (χ2n) is 1.52. The van der Waals surface area contributed by atoms with E-state index >= 15 is 0 Å². The third-order valence-corrected chi connectivity index (χ3v) is 0.929. The van der Waals surface area contributed by atoms with Crippen LogP contribution >= 0.6 is 0 Å². The maximum Gasteiger partial charge on any atom is 0.113 e. The highest BCUT2D eigenvalue weighted by molar-refractivity contribution is 5.72. The number of aliphatic imine (C=N–C) groups is 2. The standard InChI is InChI=1S/C5H8N3/c1-2-8-4-6-3-7-5-8/h3-4H,1-2,5H2. The monoisotopic (exact) mass is 110 g/mol. The molecule has 1 heterocycles. The topological polar surface area (TPSA) is 28.0 Å². The van der Waals surface area contributed by atoms with Crippen LogP contribution in [0.15, 0.2) is 9.98 Å². The molecule has 3 heteroatoms. The fourth-order valence-corrected chi connectivity index (χ4v) is 0.478. The zero-order chi connectivity index (χ0) is 5.82. The molecular weight excluding hydrogens is 102 g/mol. The second-order valence-corrected chi connectivity index (χ2v) is 1.52. The minimum Gasteiger partial charge on any atom is -0.343 e. The molecule has 0 N–H and O–H groups in total.